The van der Waals surface area contributed by atoms with Crippen LogP contribution in [0.25, 0.3) is 0 Å². The number of unbranched alkanes of at least 4 members (excludes halogenated alkanes) is 2. The van der Waals surface area contributed by atoms with Gasteiger partial charge in [-0.25, -0.2) is 9.78 Å². The van der Waals surface area contributed by atoms with Crippen LogP contribution < -0.4 is 10.6 Å². The van der Waals surface area contributed by atoms with Crippen molar-refractivity contribution in [1.82, 2.24) is 15.6 Å². The van der Waals surface area contributed by atoms with Crippen molar-refractivity contribution in [2.24, 2.45) is 0 Å². The molecule has 0 spiro atoms. The molecule has 2 N–H and O–H groups in total. The molecule has 1 heterocycles. The Hall–Kier alpha value is -1.10. The number of rotatable bonds is 7. The van der Waals surface area contributed by atoms with Crippen molar-refractivity contribution < 1.29 is 4.79 Å². The predicted molar refractivity (Wildman–Crippen MR) is 75.8 cm³/mol. The summed E-state index contributed by atoms with van der Waals surface area (Å²) in [6.45, 7) is 6.75. The minimum atomic E-state index is -0.0925. The van der Waals surface area contributed by atoms with Gasteiger partial charge in [-0.2, -0.15) is 0 Å². The van der Waals surface area contributed by atoms with Gasteiger partial charge < -0.3 is 10.6 Å². The molecule has 4 nitrogen and oxygen atoms in total. The van der Waals surface area contributed by atoms with E-state index in [1.165, 1.54) is 19.3 Å². The molecule has 18 heavy (non-hydrogen) atoms. The lowest BCUT2D eigenvalue weighted by molar-refractivity contribution is 0.236. The van der Waals surface area contributed by atoms with Crippen molar-refractivity contribution in [1.29, 1.82) is 0 Å². The summed E-state index contributed by atoms with van der Waals surface area (Å²) in [5, 5.41) is 6.83. The van der Waals surface area contributed by atoms with Gasteiger partial charge in [-0.3, -0.25) is 0 Å². The number of nitrogens with zero attached hydrogens (tertiary/aromatic N) is 1. The standard InChI is InChI=1S/C13H23N3OS/c1-4-5-6-7-10(2)16-13(17)15-9-12-8-14-11(3)18-12/h8,10H,4-7,9H2,1-3H3,(H2,15,16,17). The number of aryl methyl sites for hydroxylation is 1. The summed E-state index contributed by atoms with van der Waals surface area (Å²) in [5.41, 5.74) is 0. The Morgan fingerprint density at radius 1 is 1.50 bits per heavy atom. The lowest BCUT2D eigenvalue weighted by Crippen LogP contribution is -2.40. The summed E-state index contributed by atoms with van der Waals surface area (Å²) in [4.78, 5) is 16.9. The molecular weight excluding hydrogens is 246 g/mol. The van der Waals surface area contributed by atoms with Crippen LogP contribution in [-0.2, 0) is 6.54 Å². The molecule has 0 fully saturated rings. The molecule has 1 aromatic heterocycles. The van der Waals surface area contributed by atoms with Gasteiger partial charge in [0.05, 0.1) is 11.6 Å². The molecule has 1 rings (SSSR count). The maximum absolute atomic E-state index is 11.6. The fourth-order valence-electron chi connectivity index (χ4n) is 1.70. The lowest BCUT2D eigenvalue weighted by atomic mass is 10.1. The maximum Gasteiger partial charge on any atom is 0.315 e. The Kier molecular flexibility index (Phi) is 6.72. The van der Waals surface area contributed by atoms with E-state index in [1.807, 2.05) is 20.0 Å². The Morgan fingerprint density at radius 2 is 2.28 bits per heavy atom. The zero-order valence-electron chi connectivity index (χ0n) is 11.5. The molecule has 1 atom stereocenters. The van der Waals surface area contributed by atoms with E-state index in [4.69, 9.17) is 0 Å². The first-order valence-corrected chi connectivity index (χ1v) is 7.39. The smallest absolute Gasteiger partial charge is 0.315 e. The van der Waals surface area contributed by atoms with E-state index in [2.05, 4.69) is 22.5 Å². The van der Waals surface area contributed by atoms with E-state index >= 15 is 0 Å². The van der Waals surface area contributed by atoms with Gasteiger partial charge in [0.15, 0.2) is 0 Å². The lowest BCUT2D eigenvalue weighted by Gasteiger charge is -2.14. The highest BCUT2D eigenvalue weighted by molar-refractivity contribution is 7.11. The largest absolute Gasteiger partial charge is 0.336 e. The first kappa shape index (κ1) is 15.0. The number of thiazole rings is 1. The molecule has 1 unspecified atom stereocenters. The molecular formula is C13H23N3OS. The van der Waals surface area contributed by atoms with Crippen LogP contribution in [0.5, 0.6) is 0 Å². The van der Waals surface area contributed by atoms with Gasteiger partial charge in [-0.05, 0) is 20.3 Å². The molecule has 5 heteroatoms. The quantitative estimate of drug-likeness (QED) is 0.747. The molecule has 0 aliphatic rings. The van der Waals surface area contributed by atoms with Crippen molar-refractivity contribution >= 4 is 17.4 Å². The highest BCUT2D eigenvalue weighted by atomic mass is 32.1. The Morgan fingerprint density at radius 3 is 2.89 bits per heavy atom. The number of amides is 2. The van der Waals surface area contributed by atoms with E-state index in [9.17, 15) is 4.79 Å². The number of carbonyl (C=O) groups excluding carboxylic acids is 1. The Labute approximate surface area is 113 Å². The van der Waals surface area contributed by atoms with E-state index in [0.717, 1.165) is 16.3 Å². The van der Waals surface area contributed by atoms with Crippen LogP contribution in [0.2, 0.25) is 0 Å². The fraction of sp³-hybridized carbons (Fsp3) is 0.692. The normalized spacial score (nSPS) is 12.2. The van der Waals surface area contributed by atoms with Crippen LogP contribution in [0.15, 0.2) is 6.20 Å². The number of hydrogen-bond acceptors (Lipinski definition) is 3. The van der Waals surface area contributed by atoms with Gasteiger partial charge in [-0.1, -0.05) is 26.2 Å². The molecule has 2 amide bonds. The number of aromatic nitrogens is 1. The third-order valence-corrected chi connectivity index (χ3v) is 3.62. The van der Waals surface area contributed by atoms with E-state index < -0.39 is 0 Å². The topological polar surface area (TPSA) is 54.0 Å². The van der Waals surface area contributed by atoms with Crippen LogP contribution >= 0.6 is 11.3 Å². The summed E-state index contributed by atoms with van der Waals surface area (Å²) in [6.07, 6.45) is 6.47. The van der Waals surface area contributed by atoms with Crippen molar-refractivity contribution in [3.63, 3.8) is 0 Å². The number of urea groups is 1. The van der Waals surface area contributed by atoms with Crippen LogP contribution in [0.1, 0.15) is 49.4 Å². The van der Waals surface area contributed by atoms with Gasteiger partial charge >= 0.3 is 6.03 Å². The fourth-order valence-corrected chi connectivity index (χ4v) is 2.44. The van der Waals surface area contributed by atoms with E-state index in [-0.39, 0.29) is 12.1 Å². The molecule has 0 bridgehead atoms. The second-order valence-electron chi connectivity index (χ2n) is 4.57. The van der Waals surface area contributed by atoms with Crippen molar-refractivity contribution in [3.05, 3.63) is 16.1 Å². The van der Waals surface area contributed by atoms with Crippen molar-refractivity contribution in [2.45, 2.75) is 59.0 Å². The number of nitrogens with one attached hydrogen (secondary N) is 2. The monoisotopic (exact) mass is 269 g/mol. The Balaban J connectivity index is 2.16. The molecule has 0 saturated heterocycles. The molecule has 0 aliphatic heterocycles. The summed E-state index contributed by atoms with van der Waals surface area (Å²) in [6, 6.07) is 0.143. The van der Waals surface area contributed by atoms with Crippen LogP contribution in [0.4, 0.5) is 4.79 Å². The zero-order chi connectivity index (χ0) is 13.4. The summed E-state index contributed by atoms with van der Waals surface area (Å²) in [5.74, 6) is 0. The van der Waals surface area contributed by atoms with Gasteiger partial charge in [-0.15, -0.1) is 11.3 Å². The average molecular weight is 269 g/mol. The molecule has 102 valence electrons. The number of hydrogen-bond donors (Lipinski definition) is 2. The van der Waals surface area contributed by atoms with Gasteiger partial charge in [0.1, 0.15) is 0 Å². The highest BCUT2D eigenvalue weighted by Crippen LogP contribution is 2.10. The third-order valence-electron chi connectivity index (χ3n) is 2.71. The van der Waals surface area contributed by atoms with Gasteiger partial charge in [0.25, 0.3) is 0 Å². The molecule has 0 radical (unpaired) electrons. The molecule has 1 aromatic rings. The maximum atomic E-state index is 11.6. The second-order valence-corrected chi connectivity index (χ2v) is 5.89. The summed E-state index contributed by atoms with van der Waals surface area (Å²) >= 11 is 1.61. The van der Waals surface area contributed by atoms with Crippen molar-refractivity contribution in [3.8, 4) is 0 Å². The van der Waals surface area contributed by atoms with Gasteiger partial charge in [0, 0.05) is 17.1 Å². The minimum Gasteiger partial charge on any atom is -0.336 e. The van der Waals surface area contributed by atoms with Crippen molar-refractivity contribution in [2.75, 3.05) is 0 Å². The van der Waals surface area contributed by atoms with Crippen LogP contribution in [0, 0.1) is 6.92 Å². The molecule has 0 aromatic carbocycles. The van der Waals surface area contributed by atoms with E-state index in [0.29, 0.717) is 6.54 Å². The average Bonchev–Trinajstić information content (AvgIpc) is 2.73. The molecule has 0 aliphatic carbocycles. The Bertz CT molecular complexity index is 365. The highest BCUT2D eigenvalue weighted by Gasteiger charge is 2.07. The van der Waals surface area contributed by atoms with Gasteiger partial charge in [0.2, 0.25) is 0 Å². The second kappa shape index (κ2) is 8.08. The predicted octanol–water partition coefficient (Wildman–Crippen LogP) is 3.22. The minimum absolute atomic E-state index is 0.0925. The summed E-state index contributed by atoms with van der Waals surface area (Å²) in [7, 11) is 0. The SMILES string of the molecule is CCCCCC(C)NC(=O)NCc1cnc(C)s1. The molecule has 0 saturated carbocycles. The third kappa shape index (κ3) is 6.00. The van der Waals surface area contributed by atoms with E-state index in [1.54, 1.807) is 11.3 Å². The number of carbonyl (C=O) groups is 1. The first-order chi connectivity index (χ1) is 8.61. The first-order valence-electron chi connectivity index (χ1n) is 6.57. The summed E-state index contributed by atoms with van der Waals surface area (Å²) < 4.78 is 0. The van der Waals surface area contributed by atoms with Crippen LogP contribution in [-0.4, -0.2) is 17.1 Å². The zero-order valence-corrected chi connectivity index (χ0v) is 12.3. The van der Waals surface area contributed by atoms with Crippen LogP contribution in [0.3, 0.4) is 0 Å².